The largest absolute Gasteiger partial charge is 0.379 e. The van der Waals surface area contributed by atoms with E-state index in [0.29, 0.717) is 30.1 Å². The SMILES string of the molecule is CC(=O)NC1CCC(NC2CCCC2C2COCCN2)CC1. The summed E-state index contributed by atoms with van der Waals surface area (Å²) >= 11 is 0. The van der Waals surface area contributed by atoms with E-state index in [2.05, 4.69) is 16.0 Å². The second-order valence-corrected chi connectivity index (χ2v) is 7.25. The fourth-order valence-corrected chi connectivity index (χ4v) is 4.53. The molecule has 1 aliphatic heterocycles. The number of amides is 1. The summed E-state index contributed by atoms with van der Waals surface area (Å²) in [6, 6.07) is 2.19. The minimum atomic E-state index is 0.107. The summed E-state index contributed by atoms with van der Waals surface area (Å²) in [4.78, 5) is 11.1. The highest BCUT2D eigenvalue weighted by Gasteiger charge is 2.36. The third-order valence-corrected chi connectivity index (χ3v) is 5.62. The topological polar surface area (TPSA) is 62.4 Å². The first-order valence-electron chi connectivity index (χ1n) is 9.06. The van der Waals surface area contributed by atoms with Crippen LogP contribution in [0.3, 0.4) is 0 Å². The van der Waals surface area contributed by atoms with Crippen LogP contribution in [0.1, 0.15) is 51.9 Å². The summed E-state index contributed by atoms with van der Waals surface area (Å²) < 4.78 is 5.65. The van der Waals surface area contributed by atoms with Gasteiger partial charge in [-0.2, -0.15) is 0 Å². The fraction of sp³-hybridized carbons (Fsp3) is 0.941. The van der Waals surface area contributed by atoms with Crippen LogP contribution in [0.15, 0.2) is 0 Å². The van der Waals surface area contributed by atoms with Crippen LogP contribution in [0.4, 0.5) is 0 Å². The third kappa shape index (κ3) is 4.21. The van der Waals surface area contributed by atoms with E-state index >= 15 is 0 Å². The highest BCUT2D eigenvalue weighted by molar-refractivity contribution is 5.73. The number of hydrogen-bond donors (Lipinski definition) is 3. The van der Waals surface area contributed by atoms with E-state index in [-0.39, 0.29) is 5.91 Å². The van der Waals surface area contributed by atoms with E-state index in [1.54, 1.807) is 6.92 Å². The van der Waals surface area contributed by atoms with Crippen LogP contribution in [0.2, 0.25) is 0 Å². The summed E-state index contributed by atoms with van der Waals surface area (Å²) in [5.41, 5.74) is 0. The predicted molar refractivity (Wildman–Crippen MR) is 86.7 cm³/mol. The van der Waals surface area contributed by atoms with Crippen molar-refractivity contribution in [2.45, 2.75) is 76.0 Å². The third-order valence-electron chi connectivity index (χ3n) is 5.62. The lowest BCUT2D eigenvalue weighted by molar-refractivity contribution is -0.119. The highest BCUT2D eigenvalue weighted by atomic mass is 16.5. The van der Waals surface area contributed by atoms with Crippen molar-refractivity contribution in [1.82, 2.24) is 16.0 Å². The molecule has 22 heavy (non-hydrogen) atoms. The Labute approximate surface area is 133 Å². The van der Waals surface area contributed by atoms with Gasteiger partial charge in [0.25, 0.3) is 0 Å². The van der Waals surface area contributed by atoms with Gasteiger partial charge in [0, 0.05) is 37.6 Å². The van der Waals surface area contributed by atoms with Crippen molar-refractivity contribution >= 4 is 5.91 Å². The molecule has 126 valence electrons. The zero-order valence-electron chi connectivity index (χ0n) is 13.8. The smallest absolute Gasteiger partial charge is 0.217 e. The quantitative estimate of drug-likeness (QED) is 0.730. The van der Waals surface area contributed by atoms with Crippen molar-refractivity contribution in [2.75, 3.05) is 19.8 Å². The van der Waals surface area contributed by atoms with Gasteiger partial charge in [-0.3, -0.25) is 4.79 Å². The average molecular weight is 309 g/mol. The van der Waals surface area contributed by atoms with Crippen molar-refractivity contribution in [3.05, 3.63) is 0 Å². The average Bonchev–Trinajstić information content (AvgIpc) is 2.98. The van der Waals surface area contributed by atoms with Gasteiger partial charge >= 0.3 is 0 Å². The predicted octanol–water partition coefficient (Wildman–Crippen LogP) is 1.18. The molecular weight excluding hydrogens is 278 g/mol. The summed E-state index contributed by atoms with van der Waals surface area (Å²) in [7, 11) is 0. The number of nitrogens with one attached hydrogen (secondary N) is 3. The van der Waals surface area contributed by atoms with Gasteiger partial charge in [-0.25, -0.2) is 0 Å². The maximum Gasteiger partial charge on any atom is 0.217 e. The van der Waals surface area contributed by atoms with Crippen molar-refractivity contribution in [3.63, 3.8) is 0 Å². The Morgan fingerprint density at radius 1 is 1.09 bits per heavy atom. The number of morpholine rings is 1. The van der Waals surface area contributed by atoms with Crippen LogP contribution in [-0.4, -0.2) is 49.8 Å². The van der Waals surface area contributed by atoms with Crippen LogP contribution in [-0.2, 0) is 9.53 Å². The molecule has 0 bridgehead atoms. The molecular formula is C17H31N3O2. The van der Waals surface area contributed by atoms with Gasteiger partial charge in [0.2, 0.25) is 5.91 Å². The molecule has 2 saturated carbocycles. The molecule has 5 heteroatoms. The van der Waals surface area contributed by atoms with Crippen molar-refractivity contribution in [1.29, 1.82) is 0 Å². The van der Waals surface area contributed by atoms with E-state index in [9.17, 15) is 4.79 Å². The van der Waals surface area contributed by atoms with E-state index < -0.39 is 0 Å². The standard InChI is InChI=1S/C17H31N3O2/c1-12(21)19-13-5-7-14(8-6-13)20-16-4-2-3-15(16)17-11-22-10-9-18-17/h13-18,20H,2-11H2,1H3,(H,19,21). The van der Waals surface area contributed by atoms with E-state index in [0.717, 1.165) is 32.6 Å². The summed E-state index contributed by atoms with van der Waals surface area (Å²) in [6.45, 7) is 4.34. The lowest BCUT2D eigenvalue weighted by Crippen LogP contribution is -2.53. The van der Waals surface area contributed by atoms with Crippen LogP contribution < -0.4 is 16.0 Å². The molecule has 1 heterocycles. The Balaban J connectivity index is 1.45. The monoisotopic (exact) mass is 309 g/mol. The summed E-state index contributed by atoms with van der Waals surface area (Å²) in [6.07, 6.45) is 8.54. The first-order chi connectivity index (χ1) is 10.7. The molecule has 2 aliphatic carbocycles. The van der Waals surface area contributed by atoms with Gasteiger partial charge in [-0.05, 0) is 44.4 Å². The Hall–Kier alpha value is -0.650. The number of carbonyl (C=O) groups is 1. The summed E-state index contributed by atoms with van der Waals surface area (Å²) in [5.74, 6) is 0.823. The van der Waals surface area contributed by atoms with Gasteiger partial charge in [-0.1, -0.05) is 6.42 Å². The molecule has 0 spiro atoms. The minimum Gasteiger partial charge on any atom is -0.379 e. The minimum absolute atomic E-state index is 0.107. The van der Waals surface area contributed by atoms with Crippen LogP contribution in [0, 0.1) is 5.92 Å². The maximum absolute atomic E-state index is 11.1. The lowest BCUT2D eigenvalue weighted by Gasteiger charge is -2.36. The molecule has 3 N–H and O–H groups in total. The molecule has 1 saturated heterocycles. The van der Waals surface area contributed by atoms with Crippen molar-refractivity contribution < 1.29 is 9.53 Å². The summed E-state index contributed by atoms with van der Waals surface area (Å²) in [5, 5.41) is 10.6. The van der Waals surface area contributed by atoms with Gasteiger partial charge in [-0.15, -0.1) is 0 Å². The molecule has 3 fully saturated rings. The van der Waals surface area contributed by atoms with Gasteiger partial charge in [0.15, 0.2) is 0 Å². The first-order valence-corrected chi connectivity index (χ1v) is 9.06. The second kappa shape index (κ2) is 7.75. The number of carbonyl (C=O) groups excluding carboxylic acids is 1. The molecule has 0 aromatic rings. The van der Waals surface area contributed by atoms with Crippen molar-refractivity contribution in [3.8, 4) is 0 Å². The Kier molecular flexibility index (Phi) is 5.71. The van der Waals surface area contributed by atoms with E-state index in [1.807, 2.05) is 0 Å². The van der Waals surface area contributed by atoms with Gasteiger partial charge < -0.3 is 20.7 Å². The van der Waals surface area contributed by atoms with Gasteiger partial charge in [0.05, 0.1) is 13.2 Å². The molecule has 3 atom stereocenters. The Morgan fingerprint density at radius 2 is 1.86 bits per heavy atom. The van der Waals surface area contributed by atoms with Crippen molar-refractivity contribution in [2.24, 2.45) is 5.92 Å². The second-order valence-electron chi connectivity index (χ2n) is 7.25. The zero-order valence-corrected chi connectivity index (χ0v) is 13.8. The van der Waals surface area contributed by atoms with Crippen LogP contribution in [0.25, 0.3) is 0 Å². The molecule has 0 aromatic heterocycles. The van der Waals surface area contributed by atoms with E-state index in [1.165, 1.54) is 32.1 Å². The molecule has 3 aliphatic rings. The molecule has 5 nitrogen and oxygen atoms in total. The zero-order chi connectivity index (χ0) is 15.4. The fourth-order valence-electron chi connectivity index (χ4n) is 4.53. The molecule has 0 aromatic carbocycles. The normalized spacial score (nSPS) is 39.6. The highest BCUT2D eigenvalue weighted by Crippen LogP contribution is 2.31. The Morgan fingerprint density at radius 3 is 2.55 bits per heavy atom. The number of hydrogen-bond acceptors (Lipinski definition) is 4. The number of rotatable bonds is 4. The molecule has 0 radical (unpaired) electrons. The molecule has 3 unspecified atom stereocenters. The maximum atomic E-state index is 11.1. The van der Waals surface area contributed by atoms with Gasteiger partial charge in [0.1, 0.15) is 0 Å². The van der Waals surface area contributed by atoms with Crippen LogP contribution >= 0.6 is 0 Å². The first kappa shape index (κ1) is 16.2. The van der Waals surface area contributed by atoms with Crippen LogP contribution in [0.5, 0.6) is 0 Å². The van der Waals surface area contributed by atoms with E-state index in [4.69, 9.17) is 4.74 Å². The lowest BCUT2D eigenvalue weighted by atomic mass is 9.88. The number of ether oxygens (including phenoxy) is 1. The Bertz CT molecular complexity index is 363. The molecule has 3 rings (SSSR count). The molecule has 1 amide bonds.